The summed E-state index contributed by atoms with van der Waals surface area (Å²) in [4.78, 5) is 30.3. The predicted molar refractivity (Wildman–Crippen MR) is 107 cm³/mol. The lowest BCUT2D eigenvalue weighted by Gasteiger charge is -2.11. The Labute approximate surface area is 165 Å². The molecule has 0 aliphatic heterocycles. The van der Waals surface area contributed by atoms with Crippen LogP contribution in [0.4, 0.5) is 5.00 Å². The first-order chi connectivity index (χ1) is 13.6. The fraction of sp³-hybridized carbons (Fsp3) is 0.286. The summed E-state index contributed by atoms with van der Waals surface area (Å²) in [5, 5.41) is 1.26. The normalized spacial score (nSPS) is 14.1. The van der Waals surface area contributed by atoms with Crippen molar-refractivity contribution in [2.45, 2.75) is 32.6 Å². The van der Waals surface area contributed by atoms with Gasteiger partial charge in [0.2, 0.25) is 5.55 Å². The first kappa shape index (κ1) is 18.4. The van der Waals surface area contributed by atoms with Crippen molar-refractivity contribution in [3.63, 3.8) is 0 Å². The number of para-hydroxylation sites is 1. The number of nitrogens with zero attached hydrogens (tertiary/aromatic N) is 1. The van der Waals surface area contributed by atoms with Crippen LogP contribution in [0.15, 0.2) is 39.7 Å². The van der Waals surface area contributed by atoms with Crippen LogP contribution in [-0.2, 0) is 17.6 Å². The quantitative estimate of drug-likeness (QED) is 0.677. The van der Waals surface area contributed by atoms with Crippen molar-refractivity contribution in [2.75, 3.05) is 6.61 Å². The van der Waals surface area contributed by atoms with E-state index >= 15 is 0 Å². The van der Waals surface area contributed by atoms with Gasteiger partial charge in [0, 0.05) is 10.3 Å². The predicted octanol–water partition coefficient (Wildman–Crippen LogP) is 3.88. The Balaban J connectivity index is 1.96. The van der Waals surface area contributed by atoms with E-state index in [0.717, 1.165) is 41.5 Å². The van der Waals surface area contributed by atoms with E-state index in [1.54, 1.807) is 19.1 Å². The zero-order valence-corrected chi connectivity index (χ0v) is 16.3. The van der Waals surface area contributed by atoms with Crippen molar-refractivity contribution in [1.82, 2.24) is 0 Å². The van der Waals surface area contributed by atoms with E-state index in [9.17, 15) is 9.59 Å². The number of fused-ring (bicyclic) bond motifs is 2. The summed E-state index contributed by atoms with van der Waals surface area (Å²) in [5.41, 5.74) is 7.93. The van der Waals surface area contributed by atoms with Gasteiger partial charge < -0.3 is 14.9 Å². The van der Waals surface area contributed by atoms with Crippen LogP contribution in [0.5, 0.6) is 0 Å². The molecule has 6 nitrogen and oxygen atoms in total. The van der Waals surface area contributed by atoms with E-state index in [4.69, 9.17) is 14.9 Å². The van der Waals surface area contributed by atoms with Crippen LogP contribution < -0.4 is 11.3 Å². The molecule has 0 unspecified atom stereocenters. The van der Waals surface area contributed by atoms with E-state index in [2.05, 4.69) is 4.99 Å². The first-order valence-corrected chi connectivity index (χ1v) is 10.1. The molecule has 28 heavy (non-hydrogen) atoms. The number of hydrogen-bond acceptors (Lipinski definition) is 6. The van der Waals surface area contributed by atoms with Crippen LogP contribution in [0.1, 0.15) is 50.9 Å². The smallest absolute Gasteiger partial charge is 0.341 e. The van der Waals surface area contributed by atoms with Gasteiger partial charge in [-0.3, -0.25) is 4.79 Å². The Bertz CT molecular complexity index is 1140. The molecule has 1 aliphatic carbocycles. The summed E-state index contributed by atoms with van der Waals surface area (Å²) in [6.45, 7) is 2.06. The number of rotatable bonds is 4. The van der Waals surface area contributed by atoms with Gasteiger partial charge in [-0.05, 0) is 50.3 Å². The highest BCUT2D eigenvalue weighted by molar-refractivity contribution is 7.16. The topological polar surface area (TPSA) is 94.9 Å². The Morgan fingerprint density at radius 2 is 2.04 bits per heavy atom. The number of aryl methyl sites for hydroxylation is 1. The number of carbonyl (C=O) groups is 2. The molecule has 0 saturated heterocycles. The lowest BCUT2D eigenvalue weighted by atomic mass is 9.95. The van der Waals surface area contributed by atoms with Gasteiger partial charge in [0.05, 0.1) is 12.2 Å². The van der Waals surface area contributed by atoms with Crippen molar-refractivity contribution in [1.29, 1.82) is 0 Å². The molecule has 0 saturated carbocycles. The molecule has 0 radical (unpaired) electrons. The summed E-state index contributed by atoms with van der Waals surface area (Å²) in [6, 6.07) is 8.99. The minimum atomic E-state index is -0.632. The molecule has 3 aromatic rings. The molecule has 0 fully saturated rings. The zero-order valence-electron chi connectivity index (χ0n) is 15.5. The van der Waals surface area contributed by atoms with E-state index in [-0.39, 0.29) is 23.7 Å². The maximum atomic E-state index is 12.6. The molecule has 0 spiro atoms. The number of thiophene rings is 1. The van der Waals surface area contributed by atoms with Gasteiger partial charge in [-0.1, -0.05) is 18.2 Å². The Kier molecular flexibility index (Phi) is 5.00. The second-order valence-electron chi connectivity index (χ2n) is 6.59. The second kappa shape index (κ2) is 7.59. The number of ether oxygens (including phenoxy) is 1. The lowest BCUT2D eigenvalue weighted by molar-refractivity contribution is 0.0526. The SMILES string of the molecule is CCOC(=O)c1c(/N=c2\oc3ccccc3cc2C(N)=O)sc2c1CCCC2. The van der Waals surface area contributed by atoms with E-state index in [0.29, 0.717) is 16.1 Å². The summed E-state index contributed by atoms with van der Waals surface area (Å²) in [5.74, 6) is -1.02. The van der Waals surface area contributed by atoms with Crippen molar-refractivity contribution >= 4 is 39.2 Å². The summed E-state index contributed by atoms with van der Waals surface area (Å²) < 4.78 is 11.1. The van der Waals surface area contributed by atoms with Gasteiger partial charge in [0.15, 0.2) is 0 Å². The molecule has 7 heteroatoms. The number of nitrogens with two attached hydrogens (primary N) is 1. The molecule has 1 aromatic carbocycles. The van der Waals surface area contributed by atoms with Gasteiger partial charge in [0.1, 0.15) is 16.1 Å². The number of primary amides is 1. The molecule has 144 valence electrons. The summed E-state index contributed by atoms with van der Waals surface area (Å²) in [6.07, 6.45) is 3.86. The van der Waals surface area contributed by atoms with Crippen LogP contribution in [0.2, 0.25) is 0 Å². The van der Waals surface area contributed by atoms with Gasteiger partial charge in [-0.25, -0.2) is 9.79 Å². The van der Waals surface area contributed by atoms with Crippen LogP contribution in [0.25, 0.3) is 11.0 Å². The maximum Gasteiger partial charge on any atom is 0.341 e. The largest absolute Gasteiger partial charge is 0.462 e. The third-order valence-electron chi connectivity index (χ3n) is 4.76. The summed E-state index contributed by atoms with van der Waals surface area (Å²) >= 11 is 1.46. The van der Waals surface area contributed by atoms with Crippen molar-refractivity contribution in [3.05, 3.63) is 57.5 Å². The Hall–Kier alpha value is -2.93. The number of benzene rings is 1. The molecule has 4 rings (SSSR count). The van der Waals surface area contributed by atoms with Crippen LogP contribution >= 0.6 is 11.3 Å². The van der Waals surface area contributed by atoms with Gasteiger partial charge in [-0.15, -0.1) is 11.3 Å². The monoisotopic (exact) mass is 396 g/mol. The minimum Gasteiger partial charge on any atom is -0.462 e. The molecular formula is C21H20N2O4S. The third kappa shape index (κ3) is 3.33. The van der Waals surface area contributed by atoms with E-state index < -0.39 is 5.91 Å². The molecule has 0 atom stereocenters. The Morgan fingerprint density at radius 3 is 2.82 bits per heavy atom. The molecular weight excluding hydrogens is 376 g/mol. The Morgan fingerprint density at radius 1 is 1.25 bits per heavy atom. The minimum absolute atomic E-state index is 0.107. The molecule has 0 bridgehead atoms. The average molecular weight is 396 g/mol. The number of hydrogen-bond donors (Lipinski definition) is 1. The van der Waals surface area contributed by atoms with Crippen LogP contribution in [0.3, 0.4) is 0 Å². The fourth-order valence-corrected chi connectivity index (χ4v) is 4.71. The maximum absolute atomic E-state index is 12.6. The lowest BCUT2D eigenvalue weighted by Crippen LogP contribution is -2.21. The highest BCUT2D eigenvalue weighted by atomic mass is 32.1. The van der Waals surface area contributed by atoms with E-state index in [1.165, 1.54) is 11.3 Å². The highest BCUT2D eigenvalue weighted by Crippen LogP contribution is 2.40. The van der Waals surface area contributed by atoms with Crippen molar-refractivity contribution in [2.24, 2.45) is 10.7 Å². The third-order valence-corrected chi connectivity index (χ3v) is 5.94. The average Bonchev–Trinajstić information content (AvgIpc) is 3.05. The van der Waals surface area contributed by atoms with Crippen molar-refractivity contribution < 1.29 is 18.7 Å². The van der Waals surface area contributed by atoms with Gasteiger partial charge in [-0.2, -0.15) is 0 Å². The standard InChI is InChI=1S/C21H20N2O4S/c1-2-26-21(25)17-13-8-4-6-10-16(13)28-20(17)23-19-14(18(22)24)11-12-7-3-5-9-15(12)27-19/h3,5,7,9,11H,2,4,6,8,10H2,1H3,(H2,22,24)/b23-19-. The van der Waals surface area contributed by atoms with Crippen LogP contribution in [0, 0.1) is 0 Å². The molecule has 2 heterocycles. The van der Waals surface area contributed by atoms with E-state index in [1.807, 2.05) is 18.2 Å². The molecule has 1 aliphatic rings. The summed E-state index contributed by atoms with van der Waals surface area (Å²) in [7, 11) is 0. The molecule has 1 amide bonds. The zero-order chi connectivity index (χ0) is 19.7. The molecule has 2 aromatic heterocycles. The second-order valence-corrected chi connectivity index (χ2v) is 7.67. The number of esters is 1. The number of carbonyl (C=O) groups excluding carboxylic acids is 2. The highest BCUT2D eigenvalue weighted by Gasteiger charge is 2.26. The number of amides is 1. The fourth-order valence-electron chi connectivity index (χ4n) is 3.46. The van der Waals surface area contributed by atoms with Crippen molar-refractivity contribution in [3.8, 4) is 0 Å². The van der Waals surface area contributed by atoms with Crippen LogP contribution in [-0.4, -0.2) is 18.5 Å². The molecule has 2 N–H and O–H groups in total. The van der Waals surface area contributed by atoms with Gasteiger partial charge >= 0.3 is 5.97 Å². The van der Waals surface area contributed by atoms with Gasteiger partial charge in [0.25, 0.3) is 5.91 Å². The first-order valence-electron chi connectivity index (χ1n) is 9.27.